The maximum atomic E-state index is 2.40. The first kappa shape index (κ1) is 28.1. The molecule has 0 saturated heterocycles. The third kappa shape index (κ3) is 5.69. The molecule has 5 aromatic carbocycles. The monoisotopic (exact) mass is 846 g/mol. The fourth-order valence-corrected chi connectivity index (χ4v) is 7.42. The predicted molar refractivity (Wildman–Crippen MR) is 191 cm³/mol. The minimum Gasteiger partial charge on any atom is -0.0656 e. The smallest absolute Gasteiger partial charge is 0.0656 e. The number of rotatable bonds is 6. The van der Waals surface area contributed by atoms with Gasteiger partial charge in [0, 0.05) is 10.7 Å². The molecule has 4 heteroatoms. The van der Waals surface area contributed by atoms with E-state index in [-0.39, 0.29) is 0 Å². The van der Waals surface area contributed by atoms with Gasteiger partial charge < -0.3 is 0 Å². The summed E-state index contributed by atoms with van der Waals surface area (Å²) < 4.78 is 3.72. The highest BCUT2D eigenvalue weighted by Gasteiger charge is 2.38. The average molecular weight is 846 g/mol. The fraction of sp³-hybridized carbons (Fsp3) is 0.118. The quantitative estimate of drug-likeness (QED) is 0.0908. The van der Waals surface area contributed by atoms with Crippen molar-refractivity contribution < 1.29 is 0 Å². The second-order valence-corrected chi connectivity index (χ2v) is 19.5. The summed E-state index contributed by atoms with van der Waals surface area (Å²) in [5.41, 5.74) is 7.16. The van der Waals surface area contributed by atoms with Gasteiger partial charge in [0.15, 0.2) is 0 Å². The minimum absolute atomic E-state index is 0.431. The van der Waals surface area contributed by atoms with E-state index in [1.54, 1.807) is 0 Å². The molecule has 5 rings (SSSR count). The molecule has 0 unspecified atom stereocenters. The third-order valence-corrected chi connectivity index (χ3v) is 11.5. The van der Waals surface area contributed by atoms with Crippen molar-refractivity contribution in [3.05, 3.63) is 154 Å². The van der Waals surface area contributed by atoms with E-state index in [4.69, 9.17) is 0 Å². The van der Waals surface area contributed by atoms with Crippen LogP contribution in [0.1, 0.15) is 22.3 Å². The van der Waals surface area contributed by atoms with Crippen molar-refractivity contribution in [1.82, 2.24) is 0 Å². The van der Waals surface area contributed by atoms with Crippen LogP contribution < -0.4 is 5.19 Å². The summed E-state index contributed by atoms with van der Waals surface area (Å²) in [5, 5.41) is 1.49. The lowest BCUT2D eigenvalue weighted by atomic mass is 9.65. The SMILES string of the molecule is C[Si](C)(C)c1ccc(-c2ccc(C(c3ccc(I)cc3)(c3ccc(I)cc3)c3ccc(I)cc3)cc2)cc1. The second kappa shape index (κ2) is 11.5. The molecule has 0 nitrogen and oxygen atoms in total. The van der Waals surface area contributed by atoms with Crippen LogP contribution in [0.4, 0.5) is 0 Å². The predicted octanol–water partition coefficient (Wildman–Crippen LogP) is 10.1. The topological polar surface area (TPSA) is 0 Å². The summed E-state index contributed by atoms with van der Waals surface area (Å²) >= 11 is 7.19. The summed E-state index contributed by atoms with van der Waals surface area (Å²) in [7, 11) is -1.32. The van der Waals surface area contributed by atoms with Gasteiger partial charge >= 0.3 is 0 Å². The van der Waals surface area contributed by atoms with Gasteiger partial charge in [-0.1, -0.05) is 110 Å². The molecule has 0 atom stereocenters. The highest BCUT2D eigenvalue weighted by atomic mass is 127. The highest BCUT2D eigenvalue weighted by molar-refractivity contribution is 14.1. The van der Waals surface area contributed by atoms with Crippen LogP contribution in [0.3, 0.4) is 0 Å². The van der Waals surface area contributed by atoms with Gasteiger partial charge in [-0.2, -0.15) is 0 Å². The molecule has 5 aromatic rings. The van der Waals surface area contributed by atoms with Crippen LogP contribution in [-0.4, -0.2) is 8.07 Å². The van der Waals surface area contributed by atoms with Crippen molar-refractivity contribution >= 4 is 81.0 Å². The summed E-state index contributed by atoms with van der Waals surface area (Å²) in [6, 6.07) is 45.5. The maximum absolute atomic E-state index is 2.40. The van der Waals surface area contributed by atoms with Crippen LogP contribution in [0, 0.1) is 10.7 Å². The molecule has 0 aliphatic rings. The molecule has 0 aromatic heterocycles. The zero-order valence-corrected chi connectivity index (χ0v) is 29.2. The summed E-state index contributed by atoms with van der Waals surface area (Å²) in [6.45, 7) is 7.20. The highest BCUT2D eigenvalue weighted by Crippen LogP contribution is 2.46. The van der Waals surface area contributed by atoms with Gasteiger partial charge in [0.1, 0.15) is 0 Å². The van der Waals surface area contributed by atoms with Crippen molar-refractivity contribution in [1.29, 1.82) is 0 Å². The number of hydrogen-bond donors (Lipinski definition) is 0. The van der Waals surface area contributed by atoms with Gasteiger partial charge in [0.25, 0.3) is 0 Å². The Morgan fingerprint density at radius 1 is 0.395 bits per heavy atom. The summed E-state index contributed by atoms with van der Waals surface area (Å²) in [5.74, 6) is 0. The maximum Gasteiger partial charge on any atom is 0.0775 e. The average Bonchev–Trinajstić information content (AvgIpc) is 2.92. The minimum atomic E-state index is -1.32. The van der Waals surface area contributed by atoms with Gasteiger partial charge in [-0.15, -0.1) is 0 Å². The van der Waals surface area contributed by atoms with Crippen molar-refractivity contribution in [2.75, 3.05) is 0 Å². The molecule has 190 valence electrons. The molecule has 0 amide bonds. The zero-order chi connectivity index (χ0) is 26.9. The molecule has 0 heterocycles. The Balaban J connectivity index is 1.71. The van der Waals surface area contributed by atoms with E-state index in [1.165, 1.54) is 49.3 Å². The standard InChI is InChI=1S/C34H29I3Si/c1-38(2,3)33-22-6-25(7-23-33)24-4-8-26(9-5-24)34(27-10-16-30(35)17-11-27,28-12-18-31(36)19-13-28)29-14-20-32(37)21-15-29/h4-23H,1-3H3. The Bertz CT molecular complexity index is 1400. The van der Waals surface area contributed by atoms with Crippen LogP contribution >= 0.6 is 67.8 Å². The molecule has 0 bridgehead atoms. The first-order valence-corrected chi connectivity index (χ1v) is 19.4. The molecule has 0 N–H and O–H groups in total. The molecular weight excluding hydrogens is 817 g/mol. The molecule has 38 heavy (non-hydrogen) atoms. The number of hydrogen-bond acceptors (Lipinski definition) is 0. The molecule has 0 aliphatic carbocycles. The molecule has 0 radical (unpaired) electrons. The van der Waals surface area contributed by atoms with Gasteiger partial charge in [0.2, 0.25) is 0 Å². The number of benzene rings is 5. The largest absolute Gasteiger partial charge is 0.0775 e. The van der Waals surface area contributed by atoms with Crippen LogP contribution in [0.25, 0.3) is 11.1 Å². The Morgan fingerprint density at radius 3 is 0.947 bits per heavy atom. The van der Waals surface area contributed by atoms with Crippen molar-refractivity contribution in [3.63, 3.8) is 0 Å². The van der Waals surface area contributed by atoms with E-state index in [2.05, 4.69) is 209 Å². The van der Waals surface area contributed by atoms with E-state index >= 15 is 0 Å². The van der Waals surface area contributed by atoms with Gasteiger partial charge in [-0.25, -0.2) is 0 Å². The molecule has 0 fully saturated rings. The van der Waals surface area contributed by atoms with E-state index in [0.29, 0.717) is 0 Å². The molecule has 0 spiro atoms. The fourth-order valence-electron chi connectivity index (χ4n) is 5.18. The van der Waals surface area contributed by atoms with E-state index < -0.39 is 13.5 Å². The first-order valence-electron chi connectivity index (χ1n) is 12.7. The molecule has 0 aliphatic heterocycles. The lowest BCUT2D eigenvalue weighted by Gasteiger charge is -2.37. The Labute approximate surface area is 268 Å². The number of halogens is 3. The van der Waals surface area contributed by atoms with Crippen LogP contribution in [0.5, 0.6) is 0 Å². The molecular formula is C34H29I3Si. The van der Waals surface area contributed by atoms with Crippen LogP contribution in [-0.2, 0) is 5.41 Å². The van der Waals surface area contributed by atoms with Gasteiger partial charge in [0.05, 0.1) is 13.5 Å². The van der Waals surface area contributed by atoms with E-state index in [9.17, 15) is 0 Å². The molecule has 0 saturated carbocycles. The Kier molecular flexibility index (Phi) is 8.52. The summed E-state index contributed by atoms with van der Waals surface area (Å²) in [6.07, 6.45) is 0. The first-order chi connectivity index (χ1) is 18.2. The lowest BCUT2D eigenvalue weighted by molar-refractivity contribution is 0.744. The second-order valence-electron chi connectivity index (χ2n) is 10.7. The Morgan fingerprint density at radius 2 is 0.658 bits per heavy atom. The normalized spacial score (nSPS) is 11.9. The van der Waals surface area contributed by atoms with Crippen molar-refractivity contribution in [2.45, 2.75) is 25.1 Å². The van der Waals surface area contributed by atoms with Crippen LogP contribution in [0.2, 0.25) is 19.6 Å². The van der Waals surface area contributed by atoms with Gasteiger partial charge in [-0.3, -0.25) is 0 Å². The van der Waals surface area contributed by atoms with Crippen molar-refractivity contribution in [2.24, 2.45) is 0 Å². The summed E-state index contributed by atoms with van der Waals surface area (Å²) in [4.78, 5) is 0. The van der Waals surface area contributed by atoms with E-state index in [1.807, 2.05) is 0 Å². The van der Waals surface area contributed by atoms with Gasteiger partial charge in [-0.05, 0) is 138 Å². The Hall–Kier alpha value is -1.49. The van der Waals surface area contributed by atoms with Crippen LogP contribution in [0.15, 0.2) is 121 Å². The third-order valence-electron chi connectivity index (χ3n) is 7.23. The van der Waals surface area contributed by atoms with E-state index in [0.717, 1.165) is 0 Å². The lowest BCUT2D eigenvalue weighted by Crippen LogP contribution is -2.37. The van der Waals surface area contributed by atoms with Crippen molar-refractivity contribution in [3.8, 4) is 11.1 Å². The zero-order valence-electron chi connectivity index (χ0n) is 21.7.